The molecule has 0 fully saturated rings. The van der Waals surface area contributed by atoms with Crippen LogP contribution < -0.4 is 26.6 Å². The van der Waals surface area contributed by atoms with E-state index in [1.165, 1.54) is 46.5 Å². The first-order valence-corrected chi connectivity index (χ1v) is 22.4. The van der Waals surface area contributed by atoms with Crippen LogP contribution in [-0.4, -0.2) is 54.5 Å². The molecule has 60 heavy (non-hydrogen) atoms. The molecule has 5 N–H and O–H groups in total. The Labute approximate surface area is 359 Å². The Kier molecular flexibility index (Phi) is 13.6. The van der Waals surface area contributed by atoms with Crippen LogP contribution in [0.1, 0.15) is 179 Å². The third kappa shape index (κ3) is 9.82. The van der Waals surface area contributed by atoms with Gasteiger partial charge in [0, 0.05) is 16.1 Å². The summed E-state index contributed by atoms with van der Waals surface area (Å²) < 4.78 is 11.5. The highest BCUT2D eigenvalue weighted by Crippen LogP contribution is 2.31. The fourth-order valence-corrected chi connectivity index (χ4v) is 9.38. The van der Waals surface area contributed by atoms with Crippen LogP contribution in [-0.2, 0) is 0 Å². The monoisotopic (exact) mass is 878 g/mol. The van der Waals surface area contributed by atoms with Crippen LogP contribution in [0.3, 0.4) is 0 Å². The van der Waals surface area contributed by atoms with Crippen LogP contribution in [0.2, 0.25) is 0 Å². The van der Waals surface area contributed by atoms with E-state index in [0.717, 1.165) is 0 Å². The zero-order valence-corrected chi connectivity index (χ0v) is 37.4. The summed E-state index contributed by atoms with van der Waals surface area (Å²) in [6.45, 7) is 19.1. The molecular weight excluding hydrogens is 829 g/mol. The number of fused-ring (bicyclic) bond motifs is 10. The van der Waals surface area contributed by atoms with Gasteiger partial charge in [-0.3, -0.25) is 24.0 Å². The number of aromatic nitrogens is 5. The van der Waals surface area contributed by atoms with Crippen molar-refractivity contribution in [2.24, 2.45) is 29.6 Å². The molecule has 20 heteroatoms. The van der Waals surface area contributed by atoms with Crippen molar-refractivity contribution in [2.45, 2.75) is 99.4 Å². The van der Waals surface area contributed by atoms with Gasteiger partial charge in [0.15, 0.2) is 11.4 Å². The van der Waals surface area contributed by atoms with E-state index in [-0.39, 0.29) is 69.8 Å². The molecule has 0 saturated heterocycles. The number of hydrogen-bond donors (Lipinski definition) is 5. The number of carbonyl (C=O) groups is 5. The first kappa shape index (κ1) is 44.2. The molecule has 1 aliphatic rings. The van der Waals surface area contributed by atoms with Crippen molar-refractivity contribution in [3.8, 4) is 0 Å². The average Bonchev–Trinajstić information content (AvgIpc) is 4.04. The zero-order valence-electron chi connectivity index (χ0n) is 35.0. The van der Waals surface area contributed by atoms with Gasteiger partial charge in [0.1, 0.15) is 56.7 Å². The molecule has 6 rings (SSSR count). The number of hydrogen-bond acceptors (Lipinski definition) is 15. The minimum atomic E-state index is -0.711. The Morgan fingerprint density at radius 2 is 0.650 bits per heavy atom. The number of oxazole rings is 2. The quantitative estimate of drug-likeness (QED) is 0.120. The summed E-state index contributed by atoms with van der Waals surface area (Å²) in [7, 11) is 0. The normalized spacial score (nSPS) is 21.2. The van der Waals surface area contributed by atoms with Gasteiger partial charge in [0.05, 0.1) is 18.1 Å². The summed E-state index contributed by atoms with van der Waals surface area (Å²) in [6.07, 6.45) is 2.48. The lowest BCUT2D eigenvalue weighted by molar-refractivity contribution is 0.0903. The molecule has 10 bridgehead atoms. The predicted molar refractivity (Wildman–Crippen MR) is 225 cm³/mol. The van der Waals surface area contributed by atoms with Crippen LogP contribution in [0.15, 0.2) is 37.5 Å². The average molecular weight is 879 g/mol. The number of rotatable bonds is 5. The number of thiazole rings is 3. The van der Waals surface area contributed by atoms with Crippen molar-refractivity contribution in [2.75, 3.05) is 0 Å². The molecular formula is C40H50N10O7S3. The Morgan fingerprint density at radius 3 is 0.917 bits per heavy atom. The van der Waals surface area contributed by atoms with Crippen molar-refractivity contribution in [3.05, 3.63) is 83.9 Å². The molecule has 0 aliphatic carbocycles. The molecule has 1 aliphatic heterocycles. The maximum atomic E-state index is 13.6. The summed E-state index contributed by atoms with van der Waals surface area (Å²) in [5.74, 6) is -2.90. The number of carbonyl (C=O) groups excluding carboxylic acids is 5. The van der Waals surface area contributed by atoms with Crippen LogP contribution in [0.4, 0.5) is 0 Å². The fraction of sp³-hybridized carbons (Fsp3) is 0.500. The Bertz CT molecular complexity index is 1960. The number of nitrogens with one attached hydrogen (secondary N) is 5. The van der Waals surface area contributed by atoms with Crippen LogP contribution in [0.25, 0.3) is 0 Å². The Hall–Kier alpha value is -5.34. The fourth-order valence-electron chi connectivity index (χ4n) is 6.32. The minimum absolute atomic E-state index is 0.00179. The maximum absolute atomic E-state index is 13.6. The summed E-state index contributed by atoms with van der Waals surface area (Å²) in [4.78, 5) is 90.8. The van der Waals surface area contributed by atoms with Crippen LogP contribution >= 0.6 is 34.0 Å². The molecule has 5 atom stereocenters. The van der Waals surface area contributed by atoms with Crippen LogP contribution in [0, 0.1) is 29.6 Å². The molecule has 5 aromatic rings. The van der Waals surface area contributed by atoms with E-state index in [2.05, 4.69) is 51.5 Å². The van der Waals surface area contributed by atoms with Crippen molar-refractivity contribution in [1.82, 2.24) is 51.5 Å². The van der Waals surface area contributed by atoms with Gasteiger partial charge in [-0.15, -0.1) is 34.0 Å². The SMILES string of the molecule is CC(C)[C@@H]1NC(=O)c2csc(n2)[C@H](C(C)C)NC(=O)c2csc(n2)[C@H](C(C)C)NC(=O)c2coc(n2)[C@H](C(C)C)NC(=O)c2csc(n2)[C@H](C(C)C)NC(=O)c2coc1n2. The van der Waals surface area contributed by atoms with E-state index in [4.69, 9.17) is 8.83 Å². The van der Waals surface area contributed by atoms with Gasteiger partial charge in [-0.25, -0.2) is 24.9 Å². The first-order valence-electron chi connectivity index (χ1n) is 19.7. The summed E-state index contributed by atoms with van der Waals surface area (Å²) in [6, 6.07) is -3.11. The molecule has 0 aromatic carbocycles. The van der Waals surface area contributed by atoms with E-state index in [0.29, 0.717) is 15.0 Å². The van der Waals surface area contributed by atoms with Crippen molar-refractivity contribution >= 4 is 63.5 Å². The first-order chi connectivity index (χ1) is 28.4. The maximum Gasteiger partial charge on any atom is 0.273 e. The topological polar surface area (TPSA) is 236 Å². The second-order valence-corrected chi connectivity index (χ2v) is 19.0. The van der Waals surface area contributed by atoms with Crippen molar-refractivity contribution in [3.63, 3.8) is 0 Å². The third-order valence-electron chi connectivity index (χ3n) is 9.87. The third-order valence-corrected chi connectivity index (χ3v) is 12.7. The predicted octanol–water partition coefficient (Wildman–Crippen LogP) is 6.98. The van der Waals surface area contributed by atoms with E-state index in [1.807, 2.05) is 69.2 Å². The Balaban J connectivity index is 1.35. The van der Waals surface area contributed by atoms with Crippen LogP contribution in [0.5, 0.6) is 0 Å². The van der Waals surface area contributed by atoms with Gasteiger partial charge in [-0.1, -0.05) is 69.2 Å². The van der Waals surface area contributed by atoms with Gasteiger partial charge in [0.2, 0.25) is 11.8 Å². The van der Waals surface area contributed by atoms with Gasteiger partial charge < -0.3 is 35.4 Å². The largest absolute Gasteiger partial charge is 0.446 e. The molecule has 0 saturated carbocycles. The second-order valence-electron chi connectivity index (χ2n) is 16.3. The molecule has 5 aromatic heterocycles. The van der Waals surface area contributed by atoms with Gasteiger partial charge in [-0.05, 0) is 29.6 Å². The summed E-state index contributed by atoms with van der Waals surface area (Å²) in [5.41, 5.74) is 0.451. The number of amides is 5. The van der Waals surface area contributed by atoms with Gasteiger partial charge >= 0.3 is 0 Å². The smallest absolute Gasteiger partial charge is 0.273 e. The summed E-state index contributed by atoms with van der Waals surface area (Å²) in [5, 5.41) is 21.3. The molecule has 320 valence electrons. The summed E-state index contributed by atoms with van der Waals surface area (Å²) >= 11 is 3.71. The molecule has 5 amide bonds. The lowest BCUT2D eigenvalue weighted by Crippen LogP contribution is -2.34. The van der Waals surface area contributed by atoms with Gasteiger partial charge in [0.25, 0.3) is 29.5 Å². The second kappa shape index (κ2) is 18.5. The Morgan fingerprint density at radius 1 is 0.400 bits per heavy atom. The standard InChI is InChI=1S/C40H50N10O7S3/c1-16(2)26-36-42-22(12-57-36)32(52)49-29(19(7)8)39-45-25(15-60-39)35(55)50-30(20(9)10)40-44-24(14-59-40)34(54)47-27(17(3)4)37-41-21(11-56-37)31(51)48-28(18(5)6)38-43-23(13-58-38)33(53)46-26/h11-20,26-30H,1-10H3,(H,46,53)(H,47,54)(H,48,51)(H,49,52)(H,50,55)/t26-,27-,28-,29-,30-/m0/s1. The van der Waals surface area contributed by atoms with Crippen molar-refractivity contribution in [1.29, 1.82) is 0 Å². The molecule has 0 radical (unpaired) electrons. The van der Waals surface area contributed by atoms with E-state index >= 15 is 0 Å². The molecule has 6 heterocycles. The molecule has 0 spiro atoms. The highest BCUT2D eigenvalue weighted by atomic mass is 32.1. The lowest BCUT2D eigenvalue weighted by atomic mass is 10.0. The van der Waals surface area contributed by atoms with E-state index in [9.17, 15) is 24.0 Å². The van der Waals surface area contributed by atoms with E-state index < -0.39 is 59.7 Å². The molecule has 17 nitrogen and oxygen atoms in total. The van der Waals surface area contributed by atoms with Gasteiger partial charge in [-0.2, -0.15) is 0 Å². The zero-order chi connectivity index (χ0) is 43.6. The molecule has 0 unspecified atom stereocenters. The number of nitrogens with zero attached hydrogens (tertiary/aromatic N) is 5. The minimum Gasteiger partial charge on any atom is -0.446 e. The lowest BCUT2D eigenvalue weighted by Gasteiger charge is -2.21. The van der Waals surface area contributed by atoms with E-state index in [1.54, 1.807) is 16.1 Å². The van der Waals surface area contributed by atoms with Crippen molar-refractivity contribution < 1.29 is 32.8 Å². The highest BCUT2D eigenvalue weighted by molar-refractivity contribution is 7.10. The highest BCUT2D eigenvalue weighted by Gasteiger charge is 2.33.